The Balaban J connectivity index is 1.81. The van der Waals surface area contributed by atoms with Gasteiger partial charge in [0.25, 0.3) is 0 Å². The van der Waals surface area contributed by atoms with Crippen molar-refractivity contribution in [3.63, 3.8) is 0 Å². The Labute approximate surface area is 170 Å². The number of carbonyl (C=O) groups is 2. The van der Waals surface area contributed by atoms with Gasteiger partial charge in [-0.05, 0) is 61.9 Å². The molecular formula is C22H27ClN2O3. The minimum Gasteiger partial charge on any atom is -0.507 e. The third-order valence-corrected chi connectivity index (χ3v) is 4.97. The summed E-state index contributed by atoms with van der Waals surface area (Å²) in [7, 11) is 0. The first-order valence-corrected chi connectivity index (χ1v) is 9.76. The fraction of sp³-hybridized carbons (Fsp3) is 0.364. The van der Waals surface area contributed by atoms with Crippen LogP contribution in [0, 0.1) is 6.92 Å². The van der Waals surface area contributed by atoms with Crippen LogP contribution in [0.5, 0.6) is 5.75 Å². The van der Waals surface area contributed by atoms with Crippen LogP contribution in [0.3, 0.4) is 0 Å². The van der Waals surface area contributed by atoms with Crippen LogP contribution >= 0.6 is 11.6 Å². The van der Waals surface area contributed by atoms with Crippen molar-refractivity contribution in [1.29, 1.82) is 0 Å². The van der Waals surface area contributed by atoms with Crippen molar-refractivity contribution in [3.05, 3.63) is 64.2 Å². The Hall–Kier alpha value is -2.37. The molecule has 5 nitrogen and oxygen atoms in total. The Morgan fingerprint density at radius 2 is 1.86 bits per heavy atom. The molecule has 0 heterocycles. The van der Waals surface area contributed by atoms with Crippen molar-refractivity contribution in [2.75, 3.05) is 0 Å². The molecule has 0 aliphatic carbocycles. The van der Waals surface area contributed by atoms with E-state index < -0.39 is 12.1 Å². The number of ketones is 1. The van der Waals surface area contributed by atoms with Gasteiger partial charge >= 0.3 is 0 Å². The average molecular weight is 403 g/mol. The lowest BCUT2D eigenvalue weighted by atomic mass is 10.0. The van der Waals surface area contributed by atoms with E-state index >= 15 is 0 Å². The van der Waals surface area contributed by atoms with Crippen LogP contribution in [0.1, 0.15) is 36.5 Å². The van der Waals surface area contributed by atoms with E-state index in [4.69, 9.17) is 17.3 Å². The second-order valence-electron chi connectivity index (χ2n) is 7.06. The van der Waals surface area contributed by atoms with E-state index in [0.29, 0.717) is 35.4 Å². The van der Waals surface area contributed by atoms with Gasteiger partial charge in [0.15, 0.2) is 5.78 Å². The third kappa shape index (κ3) is 6.36. The summed E-state index contributed by atoms with van der Waals surface area (Å²) < 4.78 is 0. The van der Waals surface area contributed by atoms with Crippen LogP contribution in [0.15, 0.2) is 42.5 Å². The van der Waals surface area contributed by atoms with Crippen molar-refractivity contribution >= 4 is 23.3 Å². The molecule has 0 saturated carbocycles. The molecule has 2 rings (SSSR count). The van der Waals surface area contributed by atoms with Gasteiger partial charge in [0.05, 0.1) is 12.1 Å². The fourth-order valence-electron chi connectivity index (χ4n) is 2.97. The number of benzene rings is 2. The fourth-order valence-corrected chi connectivity index (χ4v) is 3.26. The van der Waals surface area contributed by atoms with E-state index in [1.807, 2.05) is 30.3 Å². The number of aryl methyl sites for hydroxylation is 3. The van der Waals surface area contributed by atoms with Crippen LogP contribution in [-0.2, 0) is 22.4 Å². The lowest BCUT2D eigenvalue weighted by Gasteiger charge is -2.17. The van der Waals surface area contributed by atoms with Gasteiger partial charge in [-0.3, -0.25) is 9.59 Å². The molecule has 0 aliphatic rings. The number of hydrogen-bond donors (Lipinski definition) is 3. The highest BCUT2D eigenvalue weighted by molar-refractivity contribution is 6.30. The summed E-state index contributed by atoms with van der Waals surface area (Å²) in [4.78, 5) is 24.6. The zero-order valence-electron chi connectivity index (χ0n) is 16.2. The smallest absolute Gasteiger partial charge is 0.237 e. The lowest BCUT2D eigenvalue weighted by molar-refractivity contribution is -0.128. The van der Waals surface area contributed by atoms with Gasteiger partial charge < -0.3 is 16.2 Å². The Morgan fingerprint density at radius 3 is 2.54 bits per heavy atom. The maximum absolute atomic E-state index is 12.4. The largest absolute Gasteiger partial charge is 0.507 e. The quantitative estimate of drug-likeness (QED) is 0.599. The summed E-state index contributed by atoms with van der Waals surface area (Å²) in [6.45, 7) is 3.40. The van der Waals surface area contributed by atoms with Gasteiger partial charge in [0.1, 0.15) is 5.75 Å². The first kappa shape index (κ1) is 21.9. The van der Waals surface area contributed by atoms with Crippen molar-refractivity contribution in [1.82, 2.24) is 5.32 Å². The van der Waals surface area contributed by atoms with Crippen LogP contribution < -0.4 is 11.1 Å². The molecule has 1 amide bonds. The number of carbonyl (C=O) groups excluding carboxylic acids is 2. The number of nitrogens with two attached hydrogens (primary N) is 1. The minimum atomic E-state index is -0.671. The number of rotatable bonds is 9. The minimum absolute atomic E-state index is 0.124. The van der Waals surface area contributed by atoms with Crippen molar-refractivity contribution in [3.8, 4) is 5.75 Å². The highest BCUT2D eigenvalue weighted by Crippen LogP contribution is 2.27. The van der Waals surface area contributed by atoms with E-state index in [2.05, 4.69) is 5.32 Å². The molecule has 150 valence electrons. The van der Waals surface area contributed by atoms with E-state index in [1.165, 1.54) is 0 Å². The van der Waals surface area contributed by atoms with Crippen LogP contribution in [0.2, 0.25) is 5.02 Å². The Morgan fingerprint density at radius 1 is 1.18 bits per heavy atom. The second-order valence-corrected chi connectivity index (χ2v) is 7.49. The Kier molecular flexibility index (Phi) is 8.03. The molecule has 0 fully saturated rings. The number of aromatic hydroxyl groups is 1. The summed E-state index contributed by atoms with van der Waals surface area (Å²) in [6, 6.07) is 11.8. The molecule has 2 aromatic rings. The van der Waals surface area contributed by atoms with Gasteiger partial charge in [0, 0.05) is 11.4 Å². The molecule has 2 aromatic carbocycles. The number of Topliss-reactive ketones (excluding diaryl/α,β-unsaturated/α-hetero) is 1. The zero-order valence-corrected chi connectivity index (χ0v) is 17.0. The van der Waals surface area contributed by atoms with E-state index in [-0.39, 0.29) is 23.9 Å². The monoisotopic (exact) mass is 402 g/mol. The zero-order chi connectivity index (χ0) is 20.7. The SMILES string of the molecule is Cc1cc(Cl)cc(CCC(=O)[C@H](C)NC(=O)[C@H](N)CCc2ccccc2)c1O. The first-order chi connectivity index (χ1) is 13.3. The predicted octanol–water partition coefficient (Wildman–Crippen LogP) is 3.32. The van der Waals surface area contributed by atoms with Crippen LogP contribution in [0.25, 0.3) is 0 Å². The van der Waals surface area contributed by atoms with Crippen molar-refractivity contribution < 1.29 is 14.7 Å². The molecule has 0 aromatic heterocycles. The molecule has 0 bridgehead atoms. The highest BCUT2D eigenvalue weighted by atomic mass is 35.5. The number of amides is 1. The topological polar surface area (TPSA) is 92.4 Å². The number of phenolic OH excluding ortho intramolecular Hbond substituents is 1. The molecule has 6 heteroatoms. The average Bonchev–Trinajstić information content (AvgIpc) is 2.68. The maximum Gasteiger partial charge on any atom is 0.237 e. The molecular weight excluding hydrogens is 376 g/mol. The van der Waals surface area contributed by atoms with E-state index in [9.17, 15) is 14.7 Å². The number of nitrogens with one attached hydrogen (secondary N) is 1. The summed E-state index contributed by atoms with van der Waals surface area (Å²) in [6.07, 6.45) is 1.75. The van der Waals surface area contributed by atoms with E-state index in [1.54, 1.807) is 26.0 Å². The van der Waals surface area contributed by atoms with Gasteiger partial charge in [-0.1, -0.05) is 41.9 Å². The first-order valence-electron chi connectivity index (χ1n) is 9.38. The second kappa shape index (κ2) is 10.2. The summed E-state index contributed by atoms with van der Waals surface area (Å²) in [5.41, 5.74) is 8.37. The number of hydrogen-bond acceptors (Lipinski definition) is 4. The molecule has 0 saturated heterocycles. The normalized spacial score (nSPS) is 13.0. The van der Waals surface area contributed by atoms with Gasteiger partial charge in [-0.15, -0.1) is 0 Å². The molecule has 4 N–H and O–H groups in total. The molecule has 28 heavy (non-hydrogen) atoms. The molecule has 0 spiro atoms. The van der Waals surface area contributed by atoms with Gasteiger partial charge in [-0.2, -0.15) is 0 Å². The van der Waals surface area contributed by atoms with Crippen molar-refractivity contribution in [2.45, 2.75) is 51.6 Å². The number of phenols is 1. The number of halogens is 1. The van der Waals surface area contributed by atoms with E-state index in [0.717, 1.165) is 5.56 Å². The lowest BCUT2D eigenvalue weighted by Crippen LogP contribution is -2.47. The van der Waals surface area contributed by atoms with Gasteiger partial charge in [-0.25, -0.2) is 0 Å². The summed E-state index contributed by atoms with van der Waals surface area (Å²) in [5, 5.41) is 13.3. The maximum atomic E-state index is 12.4. The Bertz CT molecular complexity index is 824. The summed E-state index contributed by atoms with van der Waals surface area (Å²) in [5.74, 6) is -0.310. The highest BCUT2D eigenvalue weighted by Gasteiger charge is 2.20. The van der Waals surface area contributed by atoms with Gasteiger partial charge in [0.2, 0.25) is 5.91 Å². The third-order valence-electron chi connectivity index (χ3n) is 4.75. The standard InChI is InChI=1S/C22H27ClN2O3/c1-14-12-18(23)13-17(21(14)27)9-11-20(26)15(2)25-22(28)19(24)10-8-16-6-4-3-5-7-16/h3-7,12-13,15,19,27H,8-11,24H2,1-2H3,(H,25,28)/t15-,19+/m0/s1. The molecule has 0 unspecified atom stereocenters. The molecule has 2 atom stereocenters. The summed E-state index contributed by atoms with van der Waals surface area (Å²) >= 11 is 6.01. The van der Waals surface area contributed by atoms with Crippen molar-refractivity contribution in [2.24, 2.45) is 5.73 Å². The molecule has 0 radical (unpaired) electrons. The van der Waals surface area contributed by atoms with Crippen LogP contribution in [0.4, 0.5) is 0 Å². The molecule has 0 aliphatic heterocycles. The van der Waals surface area contributed by atoms with Crippen LogP contribution in [-0.4, -0.2) is 28.9 Å². The predicted molar refractivity (Wildman–Crippen MR) is 112 cm³/mol.